The molecule has 1 aliphatic carbocycles. The van der Waals surface area contributed by atoms with Gasteiger partial charge in [-0.05, 0) is 42.9 Å². The molecule has 158 valence electrons. The van der Waals surface area contributed by atoms with Gasteiger partial charge >= 0.3 is 0 Å². The molecule has 0 bridgehead atoms. The minimum absolute atomic E-state index is 0.00588. The van der Waals surface area contributed by atoms with Crippen molar-refractivity contribution in [3.63, 3.8) is 0 Å². The van der Waals surface area contributed by atoms with Gasteiger partial charge in [0, 0.05) is 23.4 Å². The molecule has 1 aliphatic rings. The maximum absolute atomic E-state index is 12.8. The third kappa shape index (κ3) is 6.80. The SMILES string of the molecule is CCCC(C)(C)C(=O)NC1CC(C)(C)CC(C)(CNC(=O)C(C)(C)CC)C1. The highest BCUT2D eigenvalue weighted by atomic mass is 16.2. The Balaban J connectivity index is 2.82. The summed E-state index contributed by atoms with van der Waals surface area (Å²) in [5.74, 6) is 0.282. The van der Waals surface area contributed by atoms with Crippen LogP contribution in [-0.4, -0.2) is 24.4 Å². The molecule has 0 aromatic heterocycles. The Morgan fingerprint density at radius 3 is 2.07 bits per heavy atom. The first-order valence-electron chi connectivity index (χ1n) is 10.8. The second-order valence-electron chi connectivity index (χ2n) is 11.3. The molecule has 0 heterocycles. The number of hydrogen-bond donors (Lipinski definition) is 2. The van der Waals surface area contributed by atoms with Crippen molar-refractivity contribution in [1.82, 2.24) is 10.6 Å². The standard InChI is InChI=1S/C23H44N2O2/c1-10-12-22(7,8)19(27)25-17-13-20(3,4)15-23(9,14-17)16-24-18(26)21(5,6)11-2/h17H,10-16H2,1-9H3,(H,24,26)(H,25,27). The Kier molecular flexibility index (Phi) is 7.57. The summed E-state index contributed by atoms with van der Waals surface area (Å²) in [5, 5.41) is 6.53. The molecule has 2 atom stereocenters. The predicted molar refractivity (Wildman–Crippen MR) is 113 cm³/mol. The molecule has 2 unspecified atom stereocenters. The zero-order chi connectivity index (χ0) is 21.1. The molecule has 0 spiro atoms. The van der Waals surface area contributed by atoms with E-state index in [4.69, 9.17) is 0 Å². The lowest BCUT2D eigenvalue weighted by Crippen LogP contribution is -2.53. The Morgan fingerprint density at radius 2 is 1.56 bits per heavy atom. The normalized spacial score (nSPS) is 25.7. The maximum Gasteiger partial charge on any atom is 0.225 e. The van der Waals surface area contributed by atoms with Crippen LogP contribution in [0, 0.1) is 21.7 Å². The first-order valence-corrected chi connectivity index (χ1v) is 10.8. The van der Waals surface area contributed by atoms with Crippen LogP contribution in [0.4, 0.5) is 0 Å². The molecular formula is C23H44N2O2. The third-order valence-corrected chi connectivity index (χ3v) is 6.44. The van der Waals surface area contributed by atoms with E-state index >= 15 is 0 Å². The topological polar surface area (TPSA) is 58.2 Å². The molecule has 1 rings (SSSR count). The van der Waals surface area contributed by atoms with E-state index in [1.807, 2.05) is 27.7 Å². The van der Waals surface area contributed by atoms with E-state index in [9.17, 15) is 9.59 Å². The molecule has 0 radical (unpaired) electrons. The average molecular weight is 381 g/mol. The Bertz CT molecular complexity index is 536. The van der Waals surface area contributed by atoms with Gasteiger partial charge in [0.25, 0.3) is 0 Å². The molecule has 0 aromatic carbocycles. The summed E-state index contributed by atoms with van der Waals surface area (Å²) in [5.41, 5.74) is -0.524. The van der Waals surface area contributed by atoms with Crippen molar-refractivity contribution < 1.29 is 9.59 Å². The quantitative estimate of drug-likeness (QED) is 0.618. The fraction of sp³-hybridized carbons (Fsp3) is 0.913. The van der Waals surface area contributed by atoms with E-state index < -0.39 is 0 Å². The van der Waals surface area contributed by atoms with E-state index in [1.54, 1.807) is 0 Å². The molecule has 4 heteroatoms. The number of nitrogens with one attached hydrogen (secondary N) is 2. The lowest BCUT2D eigenvalue weighted by Gasteiger charge is -2.47. The van der Waals surface area contributed by atoms with Gasteiger partial charge in [0.05, 0.1) is 0 Å². The first kappa shape index (κ1) is 24.0. The summed E-state index contributed by atoms with van der Waals surface area (Å²) in [6, 6.07) is 0.165. The van der Waals surface area contributed by atoms with Crippen LogP contribution < -0.4 is 10.6 Å². The lowest BCUT2D eigenvalue weighted by molar-refractivity contribution is -0.132. The maximum atomic E-state index is 12.8. The van der Waals surface area contributed by atoms with Crippen LogP contribution in [-0.2, 0) is 9.59 Å². The van der Waals surface area contributed by atoms with Crippen molar-refractivity contribution in [1.29, 1.82) is 0 Å². The van der Waals surface area contributed by atoms with Gasteiger partial charge in [-0.3, -0.25) is 9.59 Å². The van der Waals surface area contributed by atoms with E-state index in [-0.39, 0.29) is 39.5 Å². The second-order valence-corrected chi connectivity index (χ2v) is 11.3. The van der Waals surface area contributed by atoms with Crippen LogP contribution in [0.25, 0.3) is 0 Å². The van der Waals surface area contributed by atoms with E-state index in [0.29, 0.717) is 6.54 Å². The van der Waals surface area contributed by atoms with Gasteiger partial charge in [-0.2, -0.15) is 0 Å². The third-order valence-electron chi connectivity index (χ3n) is 6.44. The molecule has 1 fully saturated rings. The fourth-order valence-corrected chi connectivity index (χ4v) is 4.68. The number of hydrogen-bond acceptors (Lipinski definition) is 2. The van der Waals surface area contributed by atoms with E-state index in [0.717, 1.165) is 38.5 Å². The van der Waals surface area contributed by atoms with Crippen LogP contribution in [0.3, 0.4) is 0 Å². The van der Waals surface area contributed by atoms with Gasteiger partial charge in [-0.15, -0.1) is 0 Å². The molecule has 0 saturated heterocycles. The zero-order valence-corrected chi connectivity index (χ0v) is 19.3. The van der Waals surface area contributed by atoms with Crippen molar-refractivity contribution in [2.45, 2.75) is 107 Å². The van der Waals surface area contributed by atoms with Gasteiger partial charge < -0.3 is 10.6 Å². The van der Waals surface area contributed by atoms with Crippen molar-refractivity contribution >= 4 is 11.8 Å². The molecule has 0 aromatic rings. The zero-order valence-electron chi connectivity index (χ0n) is 19.3. The van der Waals surface area contributed by atoms with Gasteiger partial charge in [-0.1, -0.05) is 68.7 Å². The van der Waals surface area contributed by atoms with Crippen molar-refractivity contribution in [3.8, 4) is 0 Å². The fourth-order valence-electron chi connectivity index (χ4n) is 4.68. The van der Waals surface area contributed by atoms with Gasteiger partial charge in [0.15, 0.2) is 0 Å². The highest BCUT2D eigenvalue weighted by Gasteiger charge is 2.43. The molecule has 27 heavy (non-hydrogen) atoms. The Labute approximate surface area is 167 Å². The monoisotopic (exact) mass is 380 g/mol. The number of rotatable bonds is 8. The van der Waals surface area contributed by atoms with Crippen molar-refractivity contribution in [2.24, 2.45) is 21.7 Å². The molecular weight excluding hydrogens is 336 g/mol. The molecule has 1 saturated carbocycles. The van der Waals surface area contributed by atoms with Gasteiger partial charge in [0.1, 0.15) is 0 Å². The number of carbonyl (C=O) groups excluding carboxylic acids is 2. The van der Waals surface area contributed by atoms with Crippen LogP contribution in [0.1, 0.15) is 101 Å². The Hall–Kier alpha value is -1.06. The molecule has 4 nitrogen and oxygen atoms in total. The Morgan fingerprint density at radius 1 is 0.963 bits per heavy atom. The highest BCUT2D eigenvalue weighted by molar-refractivity contribution is 5.82. The van der Waals surface area contributed by atoms with E-state index in [1.165, 1.54) is 0 Å². The van der Waals surface area contributed by atoms with Crippen LogP contribution in [0.2, 0.25) is 0 Å². The smallest absolute Gasteiger partial charge is 0.225 e. The largest absolute Gasteiger partial charge is 0.355 e. The van der Waals surface area contributed by atoms with Gasteiger partial charge in [0.2, 0.25) is 11.8 Å². The minimum atomic E-state index is -0.335. The summed E-state index contributed by atoms with van der Waals surface area (Å²) in [4.78, 5) is 25.3. The average Bonchev–Trinajstić information content (AvgIpc) is 2.50. The predicted octanol–water partition coefficient (Wildman–Crippen LogP) is 5.07. The second kappa shape index (κ2) is 8.53. The first-order chi connectivity index (χ1) is 12.2. The van der Waals surface area contributed by atoms with Crippen LogP contribution in [0.15, 0.2) is 0 Å². The molecule has 2 N–H and O–H groups in total. The summed E-state index contributed by atoms with van der Waals surface area (Å²) >= 11 is 0. The van der Waals surface area contributed by atoms with Crippen LogP contribution in [0.5, 0.6) is 0 Å². The number of carbonyl (C=O) groups is 2. The molecule has 2 amide bonds. The summed E-state index contributed by atoms with van der Waals surface area (Å²) in [6.45, 7) is 19.7. The summed E-state index contributed by atoms with van der Waals surface area (Å²) < 4.78 is 0. The minimum Gasteiger partial charge on any atom is -0.355 e. The summed E-state index contributed by atoms with van der Waals surface area (Å²) in [6.07, 6.45) is 5.69. The number of amides is 2. The van der Waals surface area contributed by atoms with E-state index in [2.05, 4.69) is 45.3 Å². The highest BCUT2D eigenvalue weighted by Crippen LogP contribution is 2.46. The molecule has 0 aliphatic heterocycles. The lowest BCUT2D eigenvalue weighted by atomic mass is 9.62. The van der Waals surface area contributed by atoms with Gasteiger partial charge in [-0.25, -0.2) is 0 Å². The van der Waals surface area contributed by atoms with Crippen molar-refractivity contribution in [2.75, 3.05) is 6.54 Å². The van der Waals surface area contributed by atoms with Crippen molar-refractivity contribution in [3.05, 3.63) is 0 Å². The summed E-state index contributed by atoms with van der Waals surface area (Å²) in [7, 11) is 0. The van der Waals surface area contributed by atoms with Crippen LogP contribution >= 0.6 is 0 Å².